The topological polar surface area (TPSA) is 72.1 Å². The van der Waals surface area contributed by atoms with Gasteiger partial charge in [-0.25, -0.2) is 9.97 Å². The van der Waals surface area contributed by atoms with E-state index in [0.717, 1.165) is 38.2 Å². The highest BCUT2D eigenvalue weighted by Gasteiger charge is 2.33. The second-order valence-corrected chi connectivity index (χ2v) is 7.72. The molecular weight excluding hydrogens is 288 g/mol. The molecule has 1 aromatic heterocycles. The number of piperidine rings is 1. The van der Waals surface area contributed by atoms with E-state index in [0.29, 0.717) is 24.1 Å². The van der Waals surface area contributed by atoms with E-state index in [1.165, 1.54) is 0 Å². The van der Waals surface area contributed by atoms with E-state index in [-0.39, 0.29) is 11.3 Å². The maximum atomic E-state index is 12.7. The third-order valence-electron chi connectivity index (χ3n) is 4.93. The van der Waals surface area contributed by atoms with E-state index in [9.17, 15) is 4.79 Å². The molecule has 5 nitrogen and oxygen atoms in total. The van der Waals surface area contributed by atoms with Crippen molar-refractivity contribution in [2.24, 2.45) is 23.0 Å². The van der Waals surface area contributed by atoms with Gasteiger partial charge in [-0.15, -0.1) is 0 Å². The lowest BCUT2D eigenvalue weighted by atomic mass is 9.74. The Kier molecular flexibility index (Phi) is 5.74. The highest BCUT2D eigenvalue weighted by Crippen LogP contribution is 2.34. The summed E-state index contributed by atoms with van der Waals surface area (Å²) >= 11 is 0. The lowest BCUT2D eigenvalue weighted by molar-refractivity contribution is 0.0591. The fourth-order valence-electron chi connectivity index (χ4n) is 3.17. The van der Waals surface area contributed by atoms with Gasteiger partial charge in [-0.2, -0.15) is 0 Å². The number of amides is 1. The molecule has 0 aliphatic carbocycles. The first-order chi connectivity index (χ1) is 10.8. The van der Waals surface area contributed by atoms with Crippen LogP contribution in [0.1, 0.15) is 56.8 Å². The van der Waals surface area contributed by atoms with Crippen LogP contribution in [0.25, 0.3) is 0 Å². The lowest BCUT2D eigenvalue weighted by Crippen LogP contribution is -2.44. The van der Waals surface area contributed by atoms with Gasteiger partial charge in [-0.1, -0.05) is 27.7 Å². The molecule has 0 unspecified atom stereocenters. The van der Waals surface area contributed by atoms with Gasteiger partial charge in [0, 0.05) is 25.7 Å². The summed E-state index contributed by atoms with van der Waals surface area (Å²) in [5.41, 5.74) is 6.55. The van der Waals surface area contributed by atoms with Crippen LogP contribution in [-0.2, 0) is 6.42 Å². The summed E-state index contributed by atoms with van der Waals surface area (Å²) in [6.45, 7) is 11.0. The molecule has 1 saturated heterocycles. The molecule has 23 heavy (non-hydrogen) atoms. The number of hydrogen-bond donors (Lipinski definition) is 1. The van der Waals surface area contributed by atoms with Crippen molar-refractivity contribution < 1.29 is 4.79 Å². The average molecular weight is 318 g/mol. The summed E-state index contributed by atoms with van der Waals surface area (Å²) in [6.07, 6.45) is 4.52. The first kappa shape index (κ1) is 17.9. The van der Waals surface area contributed by atoms with Crippen LogP contribution in [0.15, 0.2) is 12.3 Å². The molecule has 0 spiro atoms. The van der Waals surface area contributed by atoms with Gasteiger partial charge in [0.1, 0.15) is 11.5 Å². The Morgan fingerprint density at radius 2 is 2.04 bits per heavy atom. The van der Waals surface area contributed by atoms with Crippen LogP contribution < -0.4 is 5.73 Å². The minimum absolute atomic E-state index is 0.0291. The van der Waals surface area contributed by atoms with Crippen molar-refractivity contribution in [1.29, 1.82) is 0 Å². The van der Waals surface area contributed by atoms with E-state index in [2.05, 4.69) is 37.7 Å². The minimum atomic E-state index is 0.0291. The monoisotopic (exact) mass is 318 g/mol. The fourth-order valence-corrected chi connectivity index (χ4v) is 3.17. The molecule has 0 bridgehead atoms. The molecule has 1 aliphatic rings. The molecular formula is C18H30N4O. The number of likely N-dealkylation sites (tertiary alicyclic amines) is 1. The van der Waals surface area contributed by atoms with E-state index in [1.54, 1.807) is 12.3 Å². The van der Waals surface area contributed by atoms with E-state index >= 15 is 0 Å². The molecule has 1 aromatic rings. The maximum Gasteiger partial charge on any atom is 0.272 e. The first-order valence-corrected chi connectivity index (χ1v) is 8.64. The van der Waals surface area contributed by atoms with Crippen LogP contribution >= 0.6 is 0 Å². The SMILES string of the molecule is CC(C)Cc1nccc(C(=O)N2CCC(C(C)(C)CN)CC2)n1. The Balaban J connectivity index is 2.00. The molecule has 1 amide bonds. The summed E-state index contributed by atoms with van der Waals surface area (Å²) in [4.78, 5) is 23.3. The van der Waals surface area contributed by atoms with E-state index in [1.807, 2.05) is 4.90 Å². The molecule has 0 radical (unpaired) electrons. The normalized spacial score (nSPS) is 16.9. The van der Waals surface area contributed by atoms with Crippen LogP contribution in [0.4, 0.5) is 0 Å². The Hall–Kier alpha value is -1.49. The summed E-state index contributed by atoms with van der Waals surface area (Å²) in [6, 6.07) is 1.72. The molecule has 2 N–H and O–H groups in total. The van der Waals surface area contributed by atoms with Crippen molar-refractivity contribution in [1.82, 2.24) is 14.9 Å². The van der Waals surface area contributed by atoms with Gasteiger partial charge in [-0.3, -0.25) is 4.79 Å². The van der Waals surface area contributed by atoms with Crippen LogP contribution in [0, 0.1) is 17.3 Å². The number of carbonyl (C=O) groups excluding carboxylic acids is 1. The summed E-state index contributed by atoms with van der Waals surface area (Å²) in [7, 11) is 0. The third kappa shape index (κ3) is 4.50. The van der Waals surface area contributed by atoms with E-state index in [4.69, 9.17) is 5.73 Å². The molecule has 1 fully saturated rings. The standard InChI is InChI=1S/C18H30N4O/c1-13(2)11-16-20-8-5-15(21-16)17(23)22-9-6-14(7-10-22)18(3,4)12-19/h5,8,13-14H,6-7,9-12,19H2,1-4H3. The minimum Gasteiger partial charge on any atom is -0.337 e. The number of rotatable bonds is 5. The zero-order chi connectivity index (χ0) is 17.0. The van der Waals surface area contributed by atoms with Gasteiger partial charge < -0.3 is 10.6 Å². The van der Waals surface area contributed by atoms with E-state index < -0.39 is 0 Å². The molecule has 5 heteroatoms. The Morgan fingerprint density at radius 3 is 2.61 bits per heavy atom. The van der Waals surface area contributed by atoms with Crippen molar-refractivity contribution in [3.05, 3.63) is 23.8 Å². The van der Waals surface area contributed by atoms with Gasteiger partial charge in [0.25, 0.3) is 5.91 Å². The molecule has 0 atom stereocenters. The van der Waals surface area contributed by atoms with Gasteiger partial charge in [0.2, 0.25) is 0 Å². The van der Waals surface area contributed by atoms with Crippen molar-refractivity contribution >= 4 is 5.91 Å². The van der Waals surface area contributed by atoms with Crippen molar-refractivity contribution in [2.45, 2.75) is 47.0 Å². The van der Waals surface area contributed by atoms with Gasteiger partial charge in [0.15, 0.2) is 0 Å². The Labute approximate surface area is 139 Å². The van der Waals surface area contributed by atoms with Gasteiger partial charge >= 0.3 is 0 Å². The predicted molar refractivity (Wildman–Crippen MR) is 92.0 cm³/mol. The second kappa shape index (κ2) is 7.39. The zero-order valence-electron chi connectivity index (χ0n) is 14.9. The van der Waals surface area contributed by atoms with Gasteiger partial charge in [-0.05, 0) is 42.7 Å². The molecule has 0 aromatic carbocycles. The molecule has 0 saturated carbocycles. The van der Waals surface area contributed by atoms with Crippen LogP contribution in [-0.4, -0.2) is 40.4 Å². The zero-order valence-corrected chi connectivity index (χ0v) is 14.9. The number of carbonyl (C=O) groups is 1. The molecule has 2 rings (SSSR count). The number of hydrogen-bond acceptors (Lipinski definition) is 4. The highest BCUT2D eigenvalue weighted by atomic mass is 16.2. The molecule has 128 valence electrons. The highest BCUT2D eigenvalue weighted by molar-refractivity contribution is 5.92. The smallest absolute Gasteiger partial charge is 0.272 e. The average Bonchev–Trinajstić information content (AvgIpc) is 2.54. The second-order valence-electron chi connectivity index (χ2n) is 7.72. The third-order valence-corrected chi connectivity index (χ3v) is 4.93. The number of nitrogens with two attached hydrogens (primary N) is 1. The molecule has 1 aliphatic heterocycles. The first-order valence-electron chi connectivity index (χ1n) is 8.64. The van der Waals surface area contributed by atoms with Crippen LogP contribution in [0.2, 0.25) is 0 Å². The van der Waals surface area contributed by atoms with Crippen molar-refractivity contribution in [3.63, 3.8) is 0 Å². The fraction of sp³-hybridized carbons (Fsp3) is 0.722. The summed E-state index contributed by atoms with van der Waals surface area (Å²) in [5, 5.41) is 0. The maximum absolute atomic E-state index is 12.7. The summed E-state index contributed by atoms with van der Waals surface area (Å²) < 4.78 is 0. The van der Waals surface area contributed by atoms with Crippen molar-refractivity contribution in [3.8, 4) is 0 Å². The van der Waals surface area contributed by atoms with Crippen LogP contribution in [0.3, 0.4) is 0 Å². The largest absolute Gasteiger partial charge is 0.337 e. The molecule has 2 heterocycles. The Bertz CT molecular complexity index is 534. The number of nitrogens with zero attached hydrogens (tertiary/aromatic N) is 3. The Morgan fingerprint density at radius 1 is 1.39 bits per heavy atom. The lowest BCUT2D eigenvalue weighted by Gasteiger charge is -2.40. The van der Waals surface area contributed by atoms with Crippen LogP contribution in [0.5, 0.6) is 0 Å². The van der Waals surface area contributed by atoms with Gasteiger partial charge in [0.05, 0.1) is 0 Å². The number of aromatic nitrogens is 2. The quantitative estimate of drug-likeness (QED) is 0.905. The van der Waals surface area contributed by atoms with Crippen molar-refractivity contribution in [2.75, 3.05) is 19.6 Å². The summed E-state index contributed by atoms with van der Waals surface area (Å²) in [5.74, 6) is 1.85. The predicted octanol–water partition coefficient (Wildman–Crippen LogP) is 2.51.